The van der Waals surface area contributed by atoms with E-state index in [1.165, 1.54) is 21.3 Å². The number of fused-ring (bicyclic) bond motifs is 1. The third-order valence-electron chi connectivity index (χ3n) is 1.17. The highest BCUT2D eigenvalue weighted by Crippen LogP contribution is 2.39. The Balaban J connectivity index is 2.64. The maximum Gasteiger partial charge on any atom is 0.145 e. The highest BCUT2D eigenvalue weighted by Gasteiger charge is 2.13. The molecule has 1 aromatic rings. The van der Waals surface area contributed by atoms with E-state index in [-0.39, 0.29) is 0 Å². The molecule has 0 spiro atoms. The fourth-order valence-corrected chi connectivity index (χ4v) is 5.41. The molecule has 0 radical (unpaired) electrons. The van der Waals surface area contributed by atoms with Gasteiger partial charge in [-0.1, -0.05) is 12.2 Å². The molecule has 0 atom stereocenters. The van der Waals surface area contributed by atoms with Gasteiger partial charge in [-0.2, -0.15) is 0 Å². The maximum atomic E-state index is 5.04. The van der Waals surface area contributed by atoms with Gasteiger partial charge >= 0.3 is 0 Å². The highest BCUT2D eigenvalue weighted by atomic mass is 32.2. The molecule has 0 amide bonds. The third-order valence-corrected chi connectivity index (χ3v) is 5.37. The van der Waals surface area contributed by atoms with Crippen LogP contribution in [-0.4, -0.2) is 5.75 Å². The van der Waals surface area contributed by atoms with Crippen LogP contribution in [0.4, 0.5) is 0 Å². The zero-order valence-electron chi connectivity index (χ0n) is 4.55. The van der Waals surface area contributed by atoms with E-state index in [4.69, 9.17) is 12.2 Å². The summed E-state index contributed by atoms with van der Waals surface area (Å²) in [6, 6.07) is 0. The van der Waals surface area contributed by atoms with Crippen LogP contribution in [0.15, 0.2) is 4.21 Å². The molecule has 0 saturated heterocycles. The van der Waals surface area contributed by atoms with Gasteiger partial charge in [0.1, 0.15) is 3.14 Å². The van der Waals surface area contributed by atoms with Crippen LogP contribution in [0.5, 0.6) is 0 Å². The molecule has 0 N–H and O–H groups in total. The van der Waals surface area contributed by atoms with Crippen LogP contribution < -0.4 is 0 Å². The molecule has 0 bridgehead atoms. The summed E-state index contributed by atoms with van der Waals surface area (Å²) in [7, 11) is 0. The minimum Gasteiger partial charge on any atom is -0.117 e. The standard InChI is InChI=1S/C5H4S4/c6-5-8-3-1-2-7-4(3)9-5/h1-2H2. The van der Waals surface area contributed by atoms with Gasteiger partial charge in [0.05, 0.1) is 4.21 Å². The number of rotatable bonds is 0. The SMILES string of the molecule is S=c1sc2c(s1)SCC2. The molecule has 0 nitrogen and oxygen atoms in total. The van der Waals surface area contributed by atoms with Crippen molar-refractivity contribution in [1.82, 2.24) is 0 Å². The predicted molar refractivity (Wildman–Crippen MR) is 47.5 cm³/mol. The van der Waals surface area contributed by atoms with Gasteiger partial charge in [0.15, 0.2) is 0 Å². The molecule has 0 saturated carbocycles. The van der Waals surface area contributed by atoms with Crippen molar-refractivity contribution in [2.75, 3.05) is 5.75 Å². The van der Waals surface area contributed by atoms with Crippen molar-refractivity contribution in [1.29, 1.82) is 0 Å². The Bertz CT molecular complexity index is 244. The predicted octanol–water partition coefficient (Wildman–Crippen LogP) is 3.19. The van der Waals surface area contributed by atoms with E-state index in [0.29, 0.717) is 0 Å². The van der Waals surface area contributed by atoms with Gasteiger partial charge in [0.25, 0.3) is 0 Å². The molecule has 48 valence electrons. The van der Waals surface area contributed by atoms with Crippen molar-refractivity contribution in [3.63, 3.8) is 0 Å². The van der Waals surface area contributed by atoms with Crippen LogP contribution in [0.25, 0.3) is 0 Å². The second kappa shape index (κ2) is 2.34. The van der Waals surface area contributed by atoms with Gasteiger partial charge in [-0.15, -0.1) is 34.4 Å². The van der Waals surface area contributed by atoms with Gasteiger partial charge in [0.2, 0.25) is 0 Å². The average molecular weight is 192 g/mol. The number of aryl methyl sites for hydroxylation is 1. The van der Waals surface area contributed by atoms with Crippen molar-refractivity contribution < 1.29 is 0 Å². The summed E-state index contributed by atoms with van der Waals surface area (Å²) in [5, 5.41) is 0. The Kier molecular flexibility index (Phi) is 1.65. The number of hydrogen-bond donors (Lipinski definition) is 0. The Hall–Kier alpha value is 0.620. The van der Waals surface area contributed by atoms with Crippen LogP contribution >= 0.6 is 46.7 Å². The molecule has 1 aliphatic heterocycles. The lowest BCUT2D eigenvalue weighted by Gasteiger charge is -1.76. The van der Waals surface area contributed by atoms with Crippen LogP contribution in [-0.2, 0) is 6.42 Å². The fraction of sp³-hybridized carbons (Fsp3) is 0.400. The zero-order valence-corrected chi connectivity index (χ0v) is 7.81. The quantitative estimate of drug-likeness (QED) is 0.579. The van der Waals surface area contributed by atoms with Gasteiger partial charge in [-0.3, -0.25) is 0 Å². The molecule has 0 unspecified atom stereocenters. The van der Waals surface area contributed by atoms with E-state index < -0.39 is 0 Å². The first-order valence-electron chi connectivity index (χ1n) is 2.62. The molecule has 0 fully saturated rings. The lowest BCUT2D eigenvalue weighted by molar-refractivity contribution is 1.22. The normalized spacial score (nSPS) is 16.0. The molecule has 1 aliphatic rings. The van der Waals surface area contributed by atoms with Crippen molar-refractivity contribution in [3.8, 4) is 0 Å². The lowest BCUT2D eigenvalue weighted by Crippen LogP contribution is -1.69. The third kappa shape index (κ3) is 1.09. The highest BCUT2D eigenvalue weighted by molar-refractivity contribution is 8.02. The molecule has 4 heteroatoms. The second-order valence-corrected chi connectivity index (χ2v) is 6.44. The van der Waals surface area contributed by atoms with E-state index in [2.05, 4.69) is 0 Å². The fourth-order valence-electron chi connectivity index (χ4n) is 0.795. The van der Waals surface area contributed by atoms with Gasteiger partial charge < -0.3 is 0 Å². The van der Waals surface area contributed by atoms with Crippen LogP contribution in [0, 0.1) is 3.14 Å². The molecule has 1 aromatic heterocycles. The van der Waals surface area contributed by atoms with Crippen molar-refractivity contribution in [3.05, 3.63) is 8.01 Å². The van der Waals surface area contributed by atoms with E-state index in [9.17, 15) is 0 Å². The first-order valence-corrected chi connectivity index (χ1v) is 5.64. The van der Waals surface area contributed by atoms with E-state index in [1.54, 1.807) is 22.7 Å². The first-order chi connectivity index (χ1) is 4.36. The minimum absolute atomic E-state index is 1.09. The first kappa shape index (κ1) is 6.34. The van der Waals surface area contributed by atoms with Crippen molar-refractivity contribution in [2.45, 2.75) is 10.6 Å². The van der Waals surface area contributed by atoms with Crippen LogP contribution in [0.2, 0.25) is 0 Å². The Labute approximate surface area is 70.9 Å². The van der Waals surface area contributed by atoms with E-state index >= 15 is 0 Å². The zero-order chi connectivity index (χ0) is 6.27. The van der Waals surface area contributed by atoms with E-state index in [1.807, 2.05) is 11.8 Å². The van der Waals surface area contributed by atoms with Crippen molar-refractivity contribution >= 4 is 46.7 Å². The van der Waals surface area contributed by atoms with Gasteiger partial charge in [-0.25, -0.2) is 0 Å². The van der Waals surface area contributed by atoms with Gasteiger partial charge in [-0.05, 0) is 6.42 Å². The molecule has 2 heterocycles. The summed E-state index contributed by atoms with van der Waals surface area (Å²) in [4.78, 5) is 1.52. The molecule has 0 aromatic carbocycles. The summed E-state index contributed by atoms with van der Waals surface area (Å²) >= 11 is 10.6. The molecule has 2 rings (SSSR count). The number of thioether (sulfide) groups is 1. The maximum absolute atomic E-state index is 5.04. The largest absolute Gasteiger partial charge is 0.145 e. The molecular formula is C5H4S4. The Morgan fingerprint density at radius 3 is 3.00 bits per heavy atom. The van der Waals surface area contributed by atoms with E-state index in [0.717, 1.165) is 3.14 Å². The molecule has 0 aliphatic carbocycles. The monoisotopic (exact) mass is 192 g/mol. The summed E-state index contributed by atoms with van der Waals surface area (Å²) in [6.07, 6.45) is 1.25. The van der Waals surface area contributed by atoms with Crippen LogP contribution in [0.3, 0.4) is 0 Å². The summed E-state index contributed by atoms with van der Waals surface area (Å²) in [6.45, 7) is 0. The van der Waals surface area contributed by atoms with Crippen LogP contribution in [0.1, 0.15) is 4.88 Å². The van der Waals surface area contributed by atoms with Crippen molar-refractivity contribution in [2.24, 2.45) is 0 Å². The summed E-state index contributed by atoms with van der Waals surface area (Å²) < 4.78 is 2.57. The summed E-state index contributed by atoms with van der Waals surface area (Å²) in [5.41, 5.74) is 0. The Morgan fingerprint density at radius 2 is 2.22 bits per heavy atom. The Morgan fingerprint density at radius 1 is 1.33 bits per heavy atom. The minimum atomic E-state index is 1.09. The topological polar surface area (TPSA) is 0 Å². The smallest absolute Gasteiger partial charge is 0.117 e. The van der Waals surface area contributed by atoms with Gasteiger partial charge in [0, 0.05) is 10.6 Å². The molecular weight excluding hydrogens is 188 g/mol. The molecule has 9 heavy (non-hydrogen) atoms. The second-order valence-electron chi connectivity index (χ2n) is 1.76. The average Bonchev–Trinajstić information content (AvgIpc) is 2.22. The lowest BCUT2D eigenvalue weighted by atomic mass is 10.5. The summed E-state index contributed by atoms with van der Waals surface area (Å²) in [5.74, 6) is 1.27. The number of hydrogen-bond acceptors (Lipinski definition) is 4.